The fourth-order valence-electron chi connectivity index (χ4n) is 7.17. The maximum atomic E-state index is 3.70. The van der Waals surface area contributed by atoms with Crippen LogP contribution >= 0.6 is 0 Å². The molecule has 0 aromatic carbocycles. The van der Waals surface area contributed by atoms with E-state index in [0.717, 1.165) is 0 Å². The van der Waals surface area contributed by atoms with Gasteiger partial charge in [0, 0.05) is 0 Å². The van der Waals surface area contributed by atoms with Crippen LogP contribution in [0.5, 0.6) is 0 Å². The van der Waals surface area contributed by atoms with E-state index in [9.17, 15) is 0 Å². The van der Waals surface area contributed by atoms with Gasteiger partial charge in [-0.2, -0.15) is 0 Å². The van der Waals surface area contributed by atoms with Crippen molar-refractivity contribution >= 4 is 0 Å². The SMILES string of the molecule is C1CCCCCCCCCCCCCCCCCCCCNCCCCCCCCCCCCCCCCCCCC1. The summed E-state index contributed by atoms with van der Waals surface area (Å²) in [6.45, 7) is 2.50. The van der Waals surface area contributed by atoms with Gasteiger partial charge in [0.25, 0.3) is 0 Å². The zero-order valence-electron chi connectivity index (χ0n) is 29.5. The van der Waals surface area contributed by atoms with Crippen LogP contribution in [0.25, 0.3) is 0 Å². The quantitative estimate of drug-likeness (QED) is 0.296. The first kappa shape index (κ1) is 40.0. The summed E-state index contributed by atoms with van der Waals surface area (Å²) in [4.78, 5) is 0. The molecule has 1 aliphatic heterocycles. The highest BCUT2D eigenvalue weighted by Crippen LogP contribution is 2.17. The lowest BCUT2D eigenvalue weighted by Crippen LogP contribution is -2.16. The third-order valence-electron chi connectivity index (χ3n) is 10.2. The van der Waals surface area contributed by atoms with Gasteiger partial charge in [-0.1, -0.05) is 238 Å². The van der Waals surface area contributed by atoms with E-state index in [0.29, 0.717) is 0 Å². The third kappa shape index (κ3) is 34.5. The van der Waals surface area contributed by atoms with E-state index >= 15 is 0 Å². The molecule has 0 aromatic heterocycles. The molecule has 1 heteroatoms. The average molecular weight is 590 g/mol. The fraction of sp³-hybridized carbons (Fsp3) is 1.00. The first-order chi connectivity index (χ1) is 21.0. The van der Waals surface area contributed by atoms with Gasteiger partial charge < -0.3 is 5.32 Å². The molecular formula is C41H83N. The molecule has 1 saturated heterocycles. The number of hydrogen-bond acceptors (Lipinski definition) is 1. The second-order valence-electron chi connectivity index (χ2n) is 14.5. The highest BCUT2D eigenvalue weighted by Gasteiger charge is 1.98. The van der Waals surface area contributed by atoms with Crippen molar-refractivity contribution in [2.75, 3.05) is 13.1 Å². The zero-order valence-corrected chi connectivity index (χ0v) is 29.5. The molecule has 1 rings (SSSR count). The lowest BCUT2D eigenvalue weighted by molar-refractivity contribution is 0.506. The van der Waals surface area contributed by atoms with Crippen LogP contribution in [-0.2, 0) is 0 Å². The highest BCUT2D eigenvalue weighted by molar-refractivity contribution is 4.55. The van der Waals surface area contributed by atoms with Crippen LogP contribution in [0.2, 0.25) is 0 Å². The molecule has 1 fully saturated rings. The summed E-state index contributed by atoms with van der Waals surface area (Å²) in [5.74, 6) is 0. The molecule has 0 amide bonds. The fourth-order valence-corrected chi connectivity index (χ4v) is 7.17. The Bertz CT molecular complexity index is 233. The van der Waals surface area contributed by atoms with Gasteiger partial charge in [0.1, 0.15) is 0 Å². The van der Waals surface area contributed by atoms with Gasteiger partial charge in [-0.3, -0.25) is 0 Å². The molecule has 0 aromatic rings. The van der Waals surface area contributed by atoms with Gasteiger partial charge >= 0.3 is 0 Å². The van der Waals surface area contributed by atoms with Gasteiger partial charge in [-0.15, -0.1) is 0 Å². The Balaban J connectivity index is 2.00. The Labute approximate surface area is 268 Å². The summed E-state index contributed by atoms with van der Waals surface area (Å²) in [7, 11) is 0. The molecule has 42 heavy (non-hydrogen) atoms. The van der Waals surface area contributed by atoms with E-state index in [-0.39, 0.29) is 0 Å². The predicted octanol–water partition coefficient (Wildman–Crippen LogP) is 14.8. The molecule has 1 aliphatic rings. The Morgan fingerprint density at radius 2 is 0.214 bits per heavy atom. The van der Waals surface area contributed by atoms with Gasteiger partial charge in [0.05, 0.1) is 0 Å². The summed E-state index contributed by atoms with van der Waals surface area (Å²) >= 11 is 0. The van der Waals surface area contributed by atoms with Crippen molar-refractivity contribution in [1.82, 2.24) is 5.32 Å². The summed E-state index contributed by atoms with van der Waals surface area (Å²) < 4.78 is 0. The highest BCUT2D eigenvalue weighted by atomic mass is 14.8. The van der Waals surface area contributed by atoms with E-state index in [1.54, 1.807) is 0 Å². The first-order valence-electron chi connectivity index (χ1n) is 20.7. The predicted molar refractivity (Wildman–Crippen MR) is 193 cm³/mol. The molecular weight excluding hydrogens is 506 g/mol. The molecule has 0 radical (unpaired) electrons. The minimum atomic E-state index is 1.25. The van der Waals surface area contributed by atoms with Crippen molar-refractivity contribution in [1.29, 1.82) is 0 Å². The van der Waals surface area contributed by atoms with Crippen LogP contribution in [0.4, 0.5) is 0 Å². The van der Waals surface area contributed by atoms with E-state index in [1.165, 1.54) is 264 Å². The topological polar surface area (TPSA) is 12.0 Å². The third-order valence-corrected chi connectivity index (χ3v) is 10.2. The maximum Gasteiger partial charge on any atom is -0.00489 e. The van der Waals surface area contributed by atoms with E-state index in [4.69, 9.17) is 0 Å². The second kappa shape index (κ2) is 37.1. The van der Waals surface area contributed by atoms with Crippen LogP contribution in [0.1, 0.15) is 250 Å². The molecule has 1 N–H and O–H groups in total. The van der Waals surface area contributed by atoms with Gasteiger partial charge in [-0.25, -0.2) is 0 Å². The van der Waals surface area contributed by atoms with Crippen molar-refractivity contribution in [3.63, 3.8) is 0 Å². The molecule has 1 nitrogen and oxygen atoms in total. The Hall–Kier alpha value is -0.0400. The second-order valence-corrected chi connectivity index (χ2v) is 14.5. The lowest BCUT2D eigenvalue weighted by atomic mass is 10.0. The smallest absolute Gasteiger partial charge is 0.00489 e. The number of nitrogens with one attached hydrogen (secondary N) is 1. The van der Waals surface area contributed by atoms with E-state index < -0.39 is 0 Å². The van der Waals surface area contributed by atoms with Crippen molar-refractivity contribution < 1.29 is 0 Å². The standard InChI is InChI=1S/C41H83N/c1-2-4-6-8-10-12-14-16-18-20-22-24-26-28-30-32-34-36-38-40-42-41-39-37-35-33-31-29-27-25-23-21-19-17-15-13-11-9-7-5-3-1/h42H,1-41H2. The van der Waals surface area contributed by atoms with Crippen molar-refractivity contribution in [2.45, 2.75) is 250 Å². The molecule has 0 unspecified atom stereocenters. The molecule has 252 valence electrons. The minimum absolute atomic E-state index is 1.25. The Kier molecular flexibility index (Phi) is 35.4. The molecule has 0 aliphatic carbocycles. The monoisotopic (exact) mass is 590 g/mol. The van der Waals surface area contributed by atoms with Crippen LogP contribution in [0.3, 0.4) is 0 Å². The molecule has 0 bridgehead atoms. The average Bonchev–Trinajstić information content (AvgIpc) is 3.00. The van der Waals surface area contributed by atoms with Crippen LogP contribution in [0.15, 0.2) is 0 Å². The minimum Gasteiger partial charge on any atom is -0.317 e. The van der Waals surface area contributed by atoms with Crippen LogP contribution < -0.4 is 5.32 Å². The van der Waals surface area contributed by atoms with Crippen LogP contribution in [0, 0.1) is 0 Å². The van der Waals surface area contributed by atoms with Crippen molar-refractivity contribution in [3.05, 3.63) is 0 Å². The van der Waals surface area contributed by atoms with Crippen molar-refractivity contribution in [2.24, 2.45) is 0 Å². The summed E-state index contributed by atoms with van der Waals surface area (Å²) in [6, 6.07) is 0. The Morgan fingerprint density at radius 1 is 0.119 bits per heavy atom. The number of hydrogen-bond donors (Lipinski definition) is 1. The summed E-state index contributed by atoms with van der Waals surface area (Å²) in [6.07, 6.45) is 57.8. The maximum absolute atomic E-state index is 3.70. The zero-order chi connectivity index (χ0) is 29.7. The molecule has 0 spiro atoms. The summed E-state index contributed by atoms with van der Waals surface area (Å²) in [5.41, 5.74) is 0. The van der Waals surface area contributed by atoms with Crippen molar-refractivity contribution in [3.8, 4) is 0 Å². The van der Waals surface area contributed by atoms with E-state index in [2.05, 4.69) is 5.32 Å². The Morgan fingerprint density at radius 3 is 0.333 bits per heavy atom. The normalized spacial score (nSPS) is 24.0. The molecule has 0 saturated carbocycles. The van der Waals surface area contributed by atoms with Crippen LogP contribution in [-0.4, -0.2) is 13.1 Å². The van der Waals surface area contributed by atoms with Gasteiger partial charge in [-0.05, 0) is 25.9 Å². The number of rotatable bonds is 0. The van der Waals surface area contributed by atoms with Gasteiger partial charge in [0.15, 0.2) is 0 Å². The molecule has 1 heterocycles. The summed E-state index contributed by atoms with van der Waals surface area (Å²) in [5, 5.41) is 3.70. The lowest BCUT2D eigenvalue weighted by Gasteiger charge is -2.06. The van der Waals surface area contributed by atoms with E-state index in [1.807, 2.05) is 0 Å². The largest absolute Gasteiger partial charge is 0.317 e. The molecule has 0 atom stereocenters. The van der Waals surface area contributed by atoms with Gasteiger partial charge in [0.2, 0.25) is 0 Å². The first-order valence-corrected chi connectivity index (χ1v) is 20.7.